The number of aryl methyl sites for hydroxylation is 1. The second-order valence-corrected chi connectivity index (χ2v) is 3.38. The van der Waals surface area contributed by atoms with E-state index in [4.69, 9.17) is 5.11 Å². The van der Waals surface area contributed by atoms with Gasteiger partial charge in [0, 0.05) is 6.42 Å². The van der Waals surface area contributed by atoms with Crippen molar-refractivity contribution < 1.29 is 5.11 Å². The Labute approximate surface area is 79.2 Å². The number of aromatic amines is 1. The Kier molecular flexibility index (Phi) is 4.36. The van der Waals surface area contributed by atoms with Crippen LogP contribution in [0.15, 0.2) is 6.20 Å². The molecule has 0 fully saturated rings. The molecular formula is C10H18N2O. The van der Waals surface area contributed by atoms with Gasteiger partial charge in [0.2, 0.25) is 5.88 Å². The summed E-state index contributed by atoms with van der Waals surface area (Å²) >= 11 is 0. The van der Waals surface area contributed by atoms with Crippen molar-refractivity contribution >= 4 is 0 Å². The van der Waals surface area contributed by atoms with E-state index in [-0.39, 0.29) is 5.88 Å². The molecule has 1 aromatic heterocycles. The van der Waals surface area contributed by atoms with Crippen LogP contribution in [0.25, 0.3) is 0 Å². The van der Waals surface area contributed by atoms with Crippen molar-refractivity contribution in [2.75, 3.05) is 0 Å². The highest BCUT2D eigenvalue weighted by atomic mass is 16.3. The highest BCUT2D eigenvalue weighted by molar-refractivity contribution is 5.04. The van der Waals surface area contributed by atoms with E-state index >= 15 is 0 Å². The van der Waals surface area contributed by atoms with Gasteiger partial charge in [-0.3, -0.25) is 0 Å². The molecule has 74 valence electrons. The van der Waals surface area contributed by atoms with Gasteiger partial charge in [-0.05, 0) is 6.42 Å². The molecule has 0 aliphatic carbocycles. The summed E-state index contributed by atoms with van der Waals surface area (Å²) in [6, 6.07) is 0. The summed E-state index contributed by atoms with van der Waals surface area (Å²) in [4.78, 5) is 6.84. The van der Waals surface area contributed by atoms with Crippen LogP contribution in [0.4, 0.5) is 0 Å². The van der Waals surface area contributed by atoms with Gasteiger partial charge in [-0.25, -0.2) is 4.98 Å². The third kappa shape index (κ3) is 3.97. The lowest BCUT2D eigenvalue weighted by atomic mass is 10.1. The van der Waals surface area contributed by atoms with Crippen LogP contribution >= 0.6 is 0 Å². The Hall–Kier alpha value is -0.990. The van der Waals surface area contributed by atoms with Gasteiger partial charge in [0.25, 0.3) is 0 Å². The lowest BCUT2D eigenvalue weighted by molar-refractivity contribution is 0.455. The van der Waals surface area contributed by atoms with Crippen LogP contribution in [0.1, 0.15) is 44.9 Å². The van der Waals surface area contributed by atoms with E-state index in [9.17, 15) is 0 Å². The molecule has 0 amide bonds. The number of H-pyrrole nitrogens is 1. The smallest absolute Gasteiger partial charge is 0.208 e. The van der Waals surface area contributed by atoms with Gasteiger partial charge in [0.1, 0.15) is 5.82 Å². The first-order valence-corrected chi connectivity index (χ1v) is 5.05. The zero-order valence-corrected chi connectivity index (χ0v) is 8.21. The fraction of sp³-hybridized carbons (Fsp3) is 0.700. The van der Waals surface area contributed by atoms with Crippen LogP contribution < -0.4 is 0 Å². The Balaban J connectivity index is 2.06. The number of aromatic hydroxyl groups is 1. The molecule has 1 heterocycles. The van der Waals surface area contributed by atoms with E-state index in [1.54, 1.807) is 0 Å². The van der Waals surface area contributed by atoms with Crippen LogP contribution in [0.3, 0.4) is 0 Å². The number of rotatable bonds is 6. The van der Waals surface area contributed by atoms with E-state index in [2.05, 4.69) is 16.9 Å². The molecule has 0 unspecified atom stereocenters. The van der Waals surface area contributed by atoms with Crippen LogP contribution in [0.5, 0.6) is 5.88 Å². The van der Waals surface area contributed by atoms with Gasteiger partial charge in [0.15, 0.2) is 0 Å². The van der Waals surface area contributed by atoms with Gasteiger partial charge in [-0.2, -0.15) is 0 Å². The second kappa shape index (κ2) is 5.62. The first-order chi connectivity index (χ1) is 6.33. The Bertz CT molecular complexity index is 233. The zero-order chi connectivity index (χ0) is 9.52. The van der Waals surface area contributed by atoms with Crippen molar-refractivity contribution in [3.63, 3.8) is 0 Å². The minimum Gasteiger partial charge on any atom is -0.493 e. The Morgan fingerprint density at radius 2 is 2.08 bits per heavy atom. The summed E-state index contributed by atoms with van der Waals surface area (Å²) in [6.45, 7) is 2.21. The highest BCUT2D eigenvalue weighted by Crippen LogP contribution is 2.08. The standard InChI is InChI=1S/C10H18N2O/c1-2-3-4-5-6-7-9-11-8-10(13)12-9/h8,13H,2-7H2,1H3,(H,11,12). The molecule has 3 heteroatoms. The number of hydrogen-bond acceptors (Lipinski definition) is 2. The highest BCUT2D eigenvalue weighted by Gasteiger charge is 1.97. The van der Waals surface area contributed by atoms with Crippen LogP contribution in [-0.4, -0.2) is 15.1 Å². The number of hydrogen-bond donors (Lipinski definition) is 2. The molecule has 0 aliphatic heterocycles. The van der Waals surface area contributed by atoms with Crippen molar-refractivity contribution in [3.05, 3.63) is 12.0 Å². The maximum absolute atomic E-state index is 8.98. The third-order valence-corrected chi connectivity index (χ3v) is 2.13. The van der Waals surface area contributed by atoms with Gasteiger partial charge in [0.05, 0.1) is 6.20 Å². The van der Waals surface area contributed by atoms with Crippen molar-refractivity contribution in [2.45, 2.75) is 45.4 Å². The molecule has 3 nitrogen and oxygen atoms in total. The average molecular weight is 182 g/mol. The molecule has 0 aliphatic rings. The quantitative estimate of drug-likeness (QED) is 0.664. The normalized spacial score (nSPS) is 10.5. The second-order valence-electron chi connectivity index (χ2n) is 3.38. The van der Waals surface area contributed by atoms with Crippen molar-refractivity contribution in [2.24, 2.45) is 0 Å². The fourth-order valence-corrected chi connectivity index (χ4v) is 1.37. The van der Waals surface area contributed by atoms with Crippen LogP contribution in [0.2, 0.25) is 0 Å². The van der Waals surface area contributed by atoms with Gasteiger partial charge in [-0.15, -0.1) is 0 Å². The average Bonchev–Trinajstić information content (AvgIpc) is 2.51. The van der Waals surface area contributed by atoms with Crippen molar-refractivity contribution in [1.82, 2.24) is 9.97 Å². The molecule has 1 aromatic rings. The van der Waals surface area contributed by atoms with E-state index < -0.39 is 0 Å². The van der Waals surface area contributed by atoms with E-state index in [0.717, 1.165) is 18.7 Å². The minimum atomic E-state index is 0.170. The fourth-order valence-electron chi connectivity index (χ4n) is 1.37. The molecular weight excluding hydrogens is 164 g/mol. The Morgan fingerprint density at radius 3 is 2.69 bits per heavy atom. The van der Waals surface area contributed by atoms with E-state index in [0.29, 0.717) is 0 Å². The van der Waals surface area contributed by atoms with Gasteiger partial charge in [-0.1, -0.05) is 32.6 Å². The molecule has 2 N–H and O–H groups in total. The summed E-state index contributed by atoms with van der Waals surface area (Å²) in [7, 11) is 0. The number of aromatic nitrogens is 2. The van der Waals surface area contributed by atoms with E-state index in [1.165, 1.54) is 31.9 Å². The summed E-state index contributed by atoms with van der Waals surface area (Å²) in [5.41, 5.74) is 0. The number of nitrogens with one attached hydrogen (secondary N) is 1. The molecule has 0 aromatic carbocycles. The molecule has 0 spiro atoms. The predicted molar refractivity (Wildman–Crippen MR) is 52.7 cm³/mol. The molecule has 0 saturated heterocycles. The largest absolute Gasteiger partial charge is 0.493 e. The lowest BCUT2D eigenvalue weighted by Gasteiger charge is -1.97. The van der Waals surface area contributed by atoms with Gasteiger partial charge < -0.3 is 10.1 Å². The minimum absolute atomic E-state index is 0.170. The zero-order valence-electron chi connectivity index (χ0n) is 8.21. The van der Waals surface area contributed by atoms with Crippen molar-refractivity contribution in [1.29, 1.82) is 0 Å². The predicted octanol–water partition coefficient (Wildman–Crippen LogP) is 2.63. The number of nitrogens with zero attached hydrogens (tertiary/aromatic N) is 1. The monoisotopic (exact) mass is 182 g/mol. The summed E-state index contributed by atoms with van der Waals surface area (Å²) < 4.78 is 0. The summed E-state index contributed by atoms with van der Waals surface area (Å²) in [5, 5.41) is 8.98. The van der Waals surface area contributed by atoms with Gasteiger partial charge >= 0.3 is 0 Å². The van der Waals surface area contributed by atoms with Crippen molar-refractivity contribution in [3.8, 4) is 5.88 Å². The van der Waals surface area contributed by atoms with Crippen LogP contribution in [0, 0.1) is 0 Å². The lowest BCUT2D eigenvalue weighted by Crippen LogP contribution is -1.88. The molecule has 0 bridgehead atoms. The SMILES string of the molecule is CCCCCCCc1ncc(O)[nH]1. The summed E-state index contributed by atoms with van der Waals surface area (Å²) in [6.07, 6.45) is 8.74. The molecule has 13 heavy (non-hydrogen) atoms. The maximum atomic E-state index is 8.98. The number of unbranched alkanes of at least 4 members (excludes halogenated alkanes) is 4. The first-order valence-electron chi connectivity index (χ1n) is 5.05. The molecule has 0 atom stereocenters. The Morgan fingerprint density at radius 1 is 1.31 bits per heavy atom. The molecule has 0 saturated carbocycles. The summed E-state index contributed by atoms with van der Waals surface area (Å²) in [5.74, 6) is 1.07. The van der Waals surface area contributed by atoms with E-state index in [1.807, 2.05) is 0 Å². The topological polar surface area (TPSA) is 48.9 Å². The van der Waals surface area contributed by atoms with Crippen LogP contribution in [-0.2, 0) is 6.42 Å². The first kappa shape index (κ1) is 10.1. The maximum Gasteiger partial charge on any atom is 0.208 e. The molecule has 0 radical (unpaired) electrons. The number of imidazole rings is 1. The molecule has 1 rings (SSSR count). The third-order valence-electron chi connectivity index (χ3n) is 2.13.